The van der Waals surface area contributed by atoms with E-state index in [0.29, 0.717) is 16.9 Å². The number of amides is 2. The van der Waals surface area contributed by atoms with Gasteiger partial charge in [0, 0.05) is 18.0 Å². The molecule has 4 atom stereocenters. The van der Waals surface area contributed by atoms with E-state index < -0.39 is 35.5 Å². The molecule has 2 aromatic rings. The molecule has 2 aliphatic rings. The fourth-order valence-corrected chi connectivity index (χ4v) is 4.82. The first-order valence-electron chi connectivity index (χ1n) is 11.2. The van der Waals surface area contributed by atoms with Crippen LogP contribution in [-0.4, -0.2) is 40.6 Å². The van der Waals surface area contributed by atoms with Crippen LogP contribution in [0, 0.1) is 23.1 Å². The van der Waals surface area contributed by atoms with Gasteiger partial charge in [0.2, 0.25) is 5.91 Å². The summed E-state index contributed by atoms with van der Waals surface area (Å²) in [6.07, 6.45) is 3.45. The largest absolute Gasteiger partial charge is 0.464 e. The third-order valence-electron chi connectivity index (χ3n) is 6.21. The molecule has 174 valence electrons. The van der Waals surface area contributed by atoms with Gasteiger partial charge in [0.05, 0.1) is 12.3 Å². The molecule has 1 saturated carbocycles. The number of nitrogens with one attached hydrogen (secondary N) is 1. The van der Waals surface area contributed by atoms with Gasteiger partial charge < -0.3 is 14.5 Å². The number of carbonyl (C=O) groups is 2. The Morgan fingerprint density at radius 3 is 2.76 bits per heavy atom. The minimum absolute atomic E-state index is 0.0137. The summed E-state index contributed by atoms with van der Waals surface area (Å²) >= 11 is 0. The van der Waals surface area contributed by atoms with Gasteiger partial charge >= 0.3 is 6.09 Å². The van der Waals surface area contributed by atoms with Gasteiger partial charge in [0.1, 0.15) is 29.3 Å². The van der Waals surface area contributed by atoms with E-state index in [1.54, 1.807) is 45.0 Å². The van der Waals surface area contributed by atoms with Gasteiger partial charge in [0.15, 0.2) is 0 Å². The average molecular weight is 454 g/mol. The molecule has 1 aromatic heterocycles. The monoisotopic (exact) mass is 453 g/mol. The first kappa shape index (κ1) is 22.8. The lowest BCUT2D eigenvalue weighted by atomic mass is 9.97. The number of rotatable bonds is 5. The molecule has 1 aliphatic carbocycles. The van der Waals surface area contributed by atoms with E-state index in [0.717, 1.165) is 19.3 Å². The minimum Gasteiger partial charge on any atom is -0.464 e. The zero-order valence-electron chi connectivity index (χ0n) is 19.0. The topological polar surface area (TPSA) is 95.6 Å². The molecule has 0 spiro atoms. The number of halogens is 1. The number of piperidine rings is 1. The van der Waals surface area contributed by atoms with Crippen LogP contribution in [0.25, 0.3) is 11.3 Å². The van der Waals surface area contributed by atoms with Crippen molar-refractivity contribution < 1.29 is 23.1 Å². The molecule has 1 saturated heterocycles. The third-order valence-corrected chi connectivity index (χ3v) is 6.21. The van der Waals surface area contributed by atoms with Crippen LogP contribution in [0.15, 0.2) is 41.0 Å². The Morgan fingerprint density at radius 2 is 2.12 bits per heavy atom. The third kappa shape index (κ3) is 4.87. The van der Waals surface area contributed by atoms with Crippen molar-refractivity contribution in [2.24, 2.45) is 5.92 Å². The SMILES string of the molecule is CC(C)(C)OC(=O)N1[C@@H]2CC[C@@H](C2)[C@H]1C(=O)N[C@H](C#N)Cc1ccc(-c2ccco2)cc1F. The number of carbonyl (C=O) groups excluding carboxylic acids is 2. The second-order valence-corrected chi connectivity index (χ2v) is 9.74. The molecule has 2 amide bonds. The Labute approximate surface area is 192 Å². The van der Waals surface area contributed by atoms with E-state index in [1.165, 1.54) is 17.2 Å². The van der Waals surface area contributed by atoms with Gasteiger partial charge in [0.25, 0.3) is 0 Å². The number of hydrogen-bond acceptors (Lipinski definition) is 5. The molecule has 1 N–H and O–H groups in total. The van der Waals surface area contributed by atoms with Crippen LogP contribution in [0.2, 0.25) is 0 Å². The molecule has 33 heavy (non-hydrogen) atoms. The number of ether oxygens (including phenoxy) is 1. The van der Waals surface area contributed by atoms with Crippen molar-refractivity contribution in [3.05, 3.63) is 48.0 Å². The Bertz CT molecular complexity index is 1070. The quantitative estimate of drug-likeness (QED) is 0.723. The van der Waals surface area contributed by atoms with Crippen LogP contribution >= 0.6 is 0 Å². The minimum atomic E-state index is -0.930. The molecule has 4 rings (SSSR count). The molecule has 8 heteroatoms. The van der Waals surface area contributed by atoms with Crippen molar-refractivity contribution in [1.29, 1.82) is 5.26 Å². The zero-order valence-corrected chi connectivity index (χ0v) is 19.0. The fourth-order valence-electron chi connectivity index (χ4n) is 4.82. The number of furan rings is 1. The van der Waals surface area contributed by atoms with E-state index in [-0.39, 0.29) is 18.4 Å². The van der Waals surface area contributed by atoms with Gasteiger partial charge in [-0.1, -0.05) is 12.1 Å². The highest BCUT2D eigenvalue weighted by Crippen LogP contribution is 2.43. The van der Waals surface area contributed by atoms with Crippen LogP contribution in [0.3, 0.4) is 0 Å². The van der Waals surface area contributed by atoms with Gasteiger partial charge in [-0.15, -0.1) is 0 Å². The molecule has 2 heterocycles. The summed E-state index contributed by atoms with van der Waals surface area (Å²) in [5.41, 5.74) is 0.233. The maximum Gasteiger partial charge on any atom is 0.411 e. The summed E-state index contributed by atoms with van der Waals surface area (Å²) < 4.78 is 25.5. The lowest BCUT2D eigenvalue weighted by molar-refractivity contribution is -0.128. The number of likely N-dealkylation sites (tertiary alicyclic amines) is 1. The summed E-state index contributed by atoms with van der Waals surface area (Å²) in [6, 6.07) is 8.52. The molecule has 1 aromatic carbocycles. The summed E-state index contributed by atoms with van der Waals surface area (Å²) in [7, 11) is 0. The summed E-state index contributed by atoms with van der Waals surface area (Å²) in [4.78, 5) is 27.5. The maximum atomic E-state index is 14.7. The highest BCUT2D eigenvalue weighted by Gasteiger charge is 2.52. The van der Waals surface area contributed by atoms with Gasteiger partial charge in [-0.25, -0.2) is 9.18 Å². The lowest BCUT2D eigenvalue weighted by Crippen LogP contribution is -2.55. The molecule has 7 nitrogen and oxygen atoms in total. The Kier molecular flexibility index (Phi) is 6.15. The molecule has 1 aliphatic heterocycles. The zero-order chi connectivity index (χ0) is 23.8. The number of benzene rings is 1. The molecule has 0 radical (unpaired) electrons. The van der Waals surface area contributed by atoms with Gasteiger partial charge in [-0.05, 0) is 69.7 Å². The number of hydrogen-bond donors (Lipinski definition) is 1. The van der Waals surface area contributed by atoms with Crippen LogP contribution in [0.1, 0.15) is 45.6 Å². The molecule has 0 unspecified atom stereocenters. The van der Waals surface area contributed by atoms with Gasteiger partial charge in [-0.3, -0.25) is 9.69 Å². The highest BCUT2D eigenvalue weighted by atomic mass is 19.1. The van der Waals surface area contributed by atoms with Gasteiger partial charge in [-0.2, -0.15) is 5.26 Å². The Hall–Kier alpha value is -3.34. The smallest absolute Gasteiger partial charge is 0.411 e. The van der Waals surface area contributed by atoms with Crippen LogP contribution in [-0.2, 0) is 16.0 Å². The van der Waals surface area contributed by atoms with E-state index in [1.807, 2.05) is 6.07 Å². The lowest BCUT2D eigenvalue weighted by Gasteiger charge is -2.35. The van der Waals surface area contributed by atoms with E-state index in [9.17, 15) is 19.2 Å². The number of nitrogens with zero attached hydrogens (tertiary/aromatic N) is 2. The van der Waals surface area contributed by atoms with Crippen molar-refractivity contribution in [2.45, 2.75) is 70.2 Å². The first-order chi connectivity index (χ1) is 15.7. The van der Waals surface area contributed by atoms with Crippen molar-refractivity contribution in [3.63, 3.8) is 0 Å². The molecule has 2 fully saturated rings. The number of nitriles is 1. The van der Waals surface area contributed by atoms with Crippen molar-refractivity contribution in [1.82, 2.24) is 10.2 Å². The summed E-state index contributed by atoms with van der Waals surface area (Å²) in [5.74, 6) is -0.295. The first-order valence-corrected chi connectivity index (χ1v) is 11.2. The predicted octanol–water partition coefficient (Wildman–Crippen LogP) is 4.42. The second-order valence-electron chi connectivity index (χ2n) is 9.74. The average Bonchev–Trinajstić information content (AvgIpc) is 3.50. The second kappa shape index (κ2) is 8.89. The molecule has 2 bridgehead atoms. The van der Waals surface area contributed by atoms with Crippen molar-refractivity contribution in [2.75, 3.05) is 0 Å². The van der Waals surface area contributed by atoms with Crippen LogP contribution < -0.4 is 5.32 Å². The highest BCUT2D eigenvalue weighted by molar-refractivity contribution is 5.87. The predicted molar refractivity (Wildman–Crippen MR) is 118 cm³/mol. The van der Waals surface area contributed by atoms with Crippen molar-refractivity contribution >= 4 is 12.0 Å². The normalized spacial score (nSPS) is 22.6. The Morgan fingerprint density at radius 1 is 1.33 bits per heavy atom. The fraction of sp³-hybridized carbons (Fsp3) is 0.480. The molecular weight excluding hydrogens is 425 g/mol. The Balaban J connectivity index is 1.45. The standard InChI is InChI=1S/C25H28FN3O4/c1-25(2,3)33-24(31)29-19-9-8-17(12-19)22(29)23(30)28-18(14-27)11-15-6-7-16(13-20(15)26)21-5-4-10-32-21/h4-7,10,13,17-19,22H,8-9,11-12H2,1-3H3,(H,28,30)/t17-,18-,19+,22-/m0/s1. The van der Waals surface area contributed by atoms with Crippen LogP contribution in [0.4, 0.5) is 9.18 Å². The maximum absolute atomic E-state index is 14.7. The number of fused-ring (bicyclic) bond motifs is 2. The van der Waals surface area contributed by atoms with E-state index in [2.05, 4.69) is 5.32 Å². The van der Waals surface area contributed by atoms with E-state index >= 15 is 0 Å². The summed E-state index contributed by atoms with van der Waals surface area (Å²) in [6.45, 7) is 5.35. The van der Waals surface area contributed by atoms with Crippen molar-refractivity contribution in [3.8, 4) is 17.4 Å². The van der Waals surface area contributed by atoms with Crippen LogP contribution in [0.5, 0.6) is 0 Å². The summed E-state index contributed by atoms with van der Waals surface area (Å²) in [5, 5.41) is 12.4. The van der Waals surface area contributed by atoms with E-state index in [4.69, 9.17) is 9.15 Å². The molecular formula is C25H28FN3O4.